The summed E-state index contributed by atoms with van der Waals surface area (Å²) in [6.45, 7) is 3.91. The first kappa shape index (κ1) is 21.6. The van der Waals surface area contributed by atoms with Crippen molar-refractivity contribution in [3.63, 3.8) is 0 Å². The van der Waals surface area contributed by atoms with Crippen molar-refractivity contribution in [3.05, 3.63) is 29.8 Å². The normalized spacial score (nSPS) is 25.3. The van der Waals surface area contributed by atoms with Gasteiger partial charge < -0.3 is 15.4 Å². The number of amides is 4. The fraction of sp³-hybridized carbons (Fsp3) is 0.609. The van der Waals surface area contributed by atoms with Gasteiger partial charge in [-0.15, -0.1) is 0 Å². The summed E-state index contributed by atoms with van der Waals surface area (Å²) in [7, 11) is 1.64. The molecule has 0 bridgehead atoms. The molecule has 0 aromatic heterocycles. The van der Waals surface area contributed by atoms with E-state index < -0.39 is 11.6 Å². The van der Waals surface area contributed by atoms with E-state index in [4.69, 9.17) is 4.74 Å². The zero-order valence-electron chi connectivity index (χ0n) is 18.4. The third-order valence-corrected chi connectivity index (χ3v) is 6.82. The standard InChI is InChI=1S/C23H32N4O4/c1-23(17-8-9-17)21(29)27(22(30)25-23)15-20(28)24-14-19(26-12-4-3-5-13-26)16-6-10-18(31-2)11-7-16/h6-7,10-11,17,19H,3-5,8-9,12-15H2,1-2H3,(H,24,28)(H,25,30)/t19-,23-/m0/s1. The molecule has 8 heteroatoms. The molecule has 2 heterocycles. The maximum atomic E-state index is 12.8. The van der Waals surface area contributed by atoms with Crippen molar-refractivity contribution in [2.75, 3.05) is 33.3 Å². The summed E-state index contributed by atoms with van der Waals surface area (Å²) in [6, 6.07) is 7.48. The molecule has 3 fully saturated rings. The number of likely N-dealkylation sites (tertiary alicyclic amines) is 1. The summed E-state index contributed by atoms with van der Waals surface area (Å²) in [5.41, 5.74) is 0.246. The van der Waals surface area contributed by atoms with Gasteiger partial charge >= 0.3 is 6.03 Å². The Morgan fingerprint density at radius 1 is 1.19 bits per heavy atom. The Morgan fingerprint density at radius 3 is 2.48 bits per heavy atom. The van der Waals surface area contributed by atoms with Crippen LogP contribution < -0.4 is 15.4 Å². The second-order valence-electron chi connectivity index (χ2n) is 8.99. The number of urea groups is 1. The fourth-order valence-corrected chi connectivity index (χ4v) is 4.72. The Hall–Kier alpha value is -2.61. The lowest BCUT2D eigenvalue weighted by Crippen LogP contribution is -2.47. The summed E-state index contributed by atoms with van der Waals surface area (Å²) in [6.07, 6.45) is 5.37. The van der Waals surface area contributed by atoms with Crippen molar-refractivity contribution in [2.45, 2.75) is 50.6 Å². The highest BCUT2D eigenvalue weighted by Gasteiger charge is 2.56. The number of carbonyl (C=O) groups is 3. The Labute approximate surface area is 183 Å². The molecule has 0 radical (unpaired) electrons. The van der Waals surface area contributed by atoms with E-state index in [0.29, 0.717) is 6.54 Å². The van der Waals surface area contributed by atoms with E-state index in [2.05, 4.69) is 15.5 Å². The van der Waals surface area contributed by atoms with Crippen LogP contribution in [0.3, 0.4) is 0 Å². The van der Waals surface area contributed by atoms with Gasteiger partial charge in [0.25, 0.3) is 5.91 Å². The van der Waals surface area contributed by atoms with E-state index in [1.807, 2.05) is 24.3 Å². The maximum absolute atomic E-state index is 12.8. The van der Waals surface area contributed by atoms with E-state index in [1.165, 1.54) is 6.42 Å². The summed E-state index contributed by atoms with van der Waals surface area (Å²) in [5, 5.41) is 5.75. The number of benzene rings is 1. The van der Waals surface area contributed by atoms with Gasteiger partial charge in [0.2, 0.25) is 5.91 Å². The Morgan fingerprint density at radius 2 is 1.87 bits per heavy atom. The van der Waals surface area contributed by atoms with Crippen LogP contribution in [0.15, 0.2) is 24.3 Å². The van der Waals surface area contributed by atoms with Gasteiger partial charge in [-0.2, -0.15) is 0 Å². The average Bonchev–Trinajstić information content (AvgIpc) is 3.61. The summed E-state index contributed by atoms with van der Waals surface area (Å²) in [5.74, 6) is 0.356. The SMILES string of the molecule is COc1ccc([C@H](CNC(=O)CN2C(=O)N[C@@](C)(C3CC3)C2=O)N2CCCCC2)cc1. The first-order valence-electron chi connectivity index (χ1n) is 11.2. The molecule has 2 N–H and O–H groups in total. The Kier molecular flexibility index (Phi) is 6.18. The van der Waals surface area contributed by atoms with Crippen molar-refractivity contribution in [1.29, 1.82) is 0 Å². The summed E-state index contributed by atoms with van der Waals surface area (Å²) in [4.78, 5) is 41.2. The monoisotopic (exact) mass is 428 g/mol. The molecule has 0 unspecified atom stereocenters. The van der Waals surface area contributed by atoms with Crippen LogP contribution >= 0.6 is 0 Å². The van der Waals surface area contributed by atoms with Crippen molar-refractivity contribution in [2.24, 2.45) is 5.92 Å². The number of hydrogen-bond acceptors (Lipinski definition) is 5. The van der Waals surface area contributed by atoms with Gasteiger partial charge in [0, 0.05) is 6.54 Å². The molecule has 168 valence electrons. The molecule has 31 heavy (non-hydrogen) atoms. The van der Waals surface area contributed by atoms with Crippen molar-refractivity contribution in [1.82, 2.24) is 20.4 Å². The molecule has 2 saturated heterocycles. The molecule has 2 aliphatic heterocycles. The second kappa shape index (κ2) is 8.86. The van der Waals surface area contributed by atoms with Crippen LogP contribution in [0.25, 0.3) is 0 Å². The molecule has 3 aliphatic rings. The predicted octanol–water partition coefficient (Wildman–Crippen LogP) is 2.06. The third kappa shape index (κ3) is 4.54. The van der Waals surface area contributed by atoms with Gasteiger partial charge in [-0.1, -0.05) is 18.6 Å². The van der Waals surface area contributed by atoms with E-state index in [1.54, 1.807) is 14.0 Å². The lowest BCUT2D eigenvalue weighted by Gasteiger charge is -2.35. The minimum absolute atomic E-state index is 0.0370. The number of nitrogens with zero attached hydrogens (tertiary/aromatic N) is 2. The largest absolute Gasteiger partial charge is 0.497 e. The number of methoxy groups -OCH3 is 1. The molecule has 1 saturated carbocycles. The number of hydrogen-bond donors (Lipinski definition) is 2. The second-order valence-corrected chi connectivity index (χ2v) is 8.99. The van der Waals surface area contributed by atoms with Crippen LogP contribution in [0.4, 0.5) is 4.79 Å². The van der Waals surface area contributed by atoms with Gasteiger partial charge in [-0.05, 0) is 69.3 Å². The van der Waals surface area contributed by atoms with Crippen molar-refractivity contribution in [3.8, 4) is 5.75 Å². The molecule has 4 amide bonds. The van der Waals surface area contributed by atoms with Crippen LogP contribution in [0, 0.1) is 5.92 Å². The summed E-state index contributed by atoms with van der Waals surface area (Å²) >= 11 is 0. The molecular formula is C23H32N4O4. The van der Waals surface area contributed by atoms with Crippen LogP contribution in [-0.2, 0) is 9.59 Å². The van der Waals surface area contributed by atoms with Gasteiger partial charge in [-0.25, -0.2) is 4.79 Å². The maximum Gasteiger partial charge on any atom is 0.325 e. The van der Waals surface area contributed by atoms with Gasteiger partial charge in [-0.3, -0.25) is 19.4 Å². The zero-order chi connectivity index (χ0) is 22.0. The van der Waals surface area contributed by atoms with E-state index in [-0.39, 0.29) is 30.3 Å². The number of nitrogens with one attached hydrogen (secondary N) is 2. The fourth-order valence-electron chi connectivity index (χ4n) is 4.72. The third-order valence-electron chi connectivity index (χ3n) is 6.82. The lowest BCUT2D eigenvalue weighted by atomic mass is 9.96. The quantitative estimate of drug-likeness (QED) is 0.619. The van der Waals surface area contributed by atoms with Crippen LogP contribution in [0.1, 0.15) is 50.6 Å². The number of imide groups is 1. The van der Waals surface area contributed by atoms with Crippen LogP contribution in [0.5, 0.6) is 5.75 Å². The van der Waals surface area contributed by atoms with Crippen molar-refractivity contribution < 1.29 is 19.1 Å². The highest BCUT2D eigenvalue weighted by atomic mass is 16.5. The number of carbonyl (C=O) groups excluding carboxylic acids is 3. The molecule has 1 aromatic rings. The highest BCUT2D eigenvalue weighted by molar-refractivity contribution is 6.09. The molecule has 2 atom stereocenters. The number of ether oxygens (including phenoxy) is 1. The molecule has 1 aliphatic carbocycles. The first-order chi connectivity index (χ1) is 14.9. The van der Waals surface area contributed by atoms with E-state index in [9.17, 15) is 14.4 Å². The molecule has 0 spiro atoms. The van der Waals surface area contributed by atoms with Gasteiger partial charge in [0.1, 0.15) is 17.8 Å². The molecular weight excluding hydrogens is 396 g/mol. The minimum atomic E-state index is -0.864. The molecule has 4 rings (SSSR count). The molecule has 1 aromatic carbocycles. The Bertz CT molecular complexity index is 832. The lowest BCUT2D eigenvalue weighted by molar-refractivity contribution is -0.135. The topological polar surface area (TPSA) is 91.0 Å². The Balaban J connectivity index is 1.39. The highest BCUT2D eigenvalue weighted by Crippen LogP contribution is 2.42. The minimum Gasteiger partial charge on any atom is -0.497 e. The number of rotatable bonds is 8. The predicted molar refractivity (Wildman–Crippen MR) is 116 cm³/mol. The van der Waals surface area contributed by atoms with Gasteiger partial charge in [0.05, 0.1) is 13.2 Å². The summed E-state index contributed by atoms with van der Waals surface area (Å²) < 4.78 is 5.27. The van der Waals surface area contributed by atoms with E-state index in [0.717, 1.165) is 55.0 Å². The molecule has 8 nitrogen and oxygen atoms in total. The smallest absolute Gasteiger partial charge is 0.325 e. The van der Waals surface area contributed by atoms with Crippen LogP contribution in [-0.4, -0.2) is 66.5 Å². The van der Waals surface area contributed by atoms with Crippen LogP contribution in [0.2, 0.25) is 0 Å². The first-order valence-corrected chi connectivity index (χ1v) is 11.2. The number of piperidine rings is 1. The van der Waals surface area contributed by atoms with Gasteiger partial charge in [0.15, 0.2) is 0 Å². The van der Waals surface area contributed by atoms with Crippen molar-refractivity contribution >= 4 is 17.8 Å². The zero-order valence-corrected chi connectivity index (χ0v) is 18.4. The van der Waals surface area contributed by atoms with E-state index >= 15 is 0 Å². The average molecular weight is 429 g/mol.